The smallest absolute Gasteiger partial charge is 0.309 e. The monoisotopic (exact) mass is 224 g/mol. The molecular formula is C14H24O2. The molecule has 2 saturated carbocycles. The number of carboxylic acids is 1. The summed E-state index contributed by atoms with van der Waals surface area (Å²) in [7, 11) is 0. The highest BCUT2D eigenvalue weighted by molar-refractivity contribution is 5.75. The minimum absolute atomic E-state index is 0.353. The predicted octanol–water partition coefficient (Wildman–Crippen LogP) is 3.70. The Kier molecular flexibility index (Phi) is 3.27. The Labute approximate surface area is 98.4 Å². The molecule has 0 aromatic heterocycles. The molecule has 3 atom stereocenters. The lowest BCUT2D eigenvalue weighted by Crippen LogP contribution is -2.39. The third-order valence-electron chi connectivity index (χ3n) is 5.30. The third-order valence-corrected chi connectivity index (χ3v) is 5.30. The Hall–Kier alpha value is -0.530. The molecule has 0 heterocycles. The van der Waals surface area contributed by atoms with E-state index >= 15 is 0 Å². The normalized spacial score (nSPS) is 38.5. The van der Waals surface area contributed by atoms with Crippen molar-refractivity contribution in [3.8, 4) is 0 Å². The van der Waals surface area contributed by atoms with Gasteiger partial charge in [-0.25, -0.2) is 0 Å². The van der Waals surface area contributed by atoms with Crippen molar-refractivity contribution in [2.24, 2.45) is 23.2 Å². The lowest BCUT2D eigenvalue weighted by Gasteiger charge is -2.41. The highest BCUT2D eigenvalue weighted by atomic mass is 16.4. The van der Waals surface area contributed by atoms with Crippen LogP contribution in [0.15, 0.2) is 0 Å². The molecule has 16 heavy (non-hydrogen) atoms. The second-order valence-electron chi connectivity index (χ2n) is 6.13. The maximum atomic E-state index is 11.6. The van der Waals surface area contributed by atoms with E-state index in [1.165, 1.54) is 6.42 Å². The van der Waals surface area contributed by atoms with Gasteiger partial charge in [0.05, 0.1) is 5.41 Å². The molecule has 0 bridgehead atoms. The van der Waals surface area contributed by atoms with E-state index < -0.39 is 5.97 Å². The van der Waals surface area contributed by atoms with Crippen molar-refractivity contribution in [2.45, 2.75) is 58.8 Å². The first-order chi connectivity index (χ1) is 7.56. The van der Waals surface area contributed by atoms with Crippen LogP contribution in [-0.2, 0) is 4.79 Å². The molecule has 0 aromatic rings. The molecular weight excluding hydrogens is 200 g/mol. The van der Waals surface area contributed by atoms with Crippen LogP contribution in [0.5, 0.6) is 0 Å². The van der Waals surface area contributed by atoms with Crippen molar-refractivity contribution in [1.82, 2.24) is 0 Å². The van der Waals surface area contributed by atoms with Gasteiger partial charge in [-0.2, -0.15) is 0 Å². The van der Waals surface area contributed by atoms with Gasteiger partial charge in [0.1, 0.15) is 0 Å². The van der Waals surface area contributed by atoms with Gasteiger partial charge in [-0.15, -0.1) is 0 Å². The zero-order valence-corrected chi connectivity index (χ0v) is 10.5. The number of carbonyl (C=O) groups is 1. The second kappa shape index (κ2) is 4.38. The predicted molar refractivity (Wildman–Crippen MR) is 64.2 cm³/mol. The van der Waals surface area contributed by atoms with Crippen molar-refractivity contribution in [2.75, 3.05) is 0 Å². The van der Waals surface area contributed by atoms with Crippen molar-refractivity contribution >= 4 is 5.97 Å². The quantitative estimate of drug-likeness (QED) is 0.776. The van der Waals surface area contributed by atoms with Crippen molar-refractivity contribution < 1.29 is 9.90 Å². The van der Waals surface area contributed by atoms with Crippen molar-refractivity contribution in [1.29, 1.82) is 0 Å². The summed E-state index contributed by atoms with van der Waals surface area (Å²) in [5, 5.41) is 9.57. The average molecular weight is 224 g/mol. The zero-order chi connectivity index (χ0) is 11.8. The van der Waals surface area contributed by atoms with E-state index in [1.54, 1.807) is 0 Å². The molecule has 0 amide bonds. The Morgan fingerprint density at radius 2 is 1.75 bits per heavy atom. The molecule has 3 unspecified atom stereocenters. The molecule has 2 rings (SSSR count). The van der Waals surface area contributed by atoms with Gasteiger partial charge in [-0.3, -0.25) is 4.79 Å². The Morgan fingerprint density at radius 1 is 1.12 bits per heavy atom. The van der Waals surface area contributed by atoms with E-state index in [0.29, 0.717) is 11.8 Å². The Morgan fingerprint density at radius 3 is 2.25 bits per heavy atom. The molecule has 2 heteroatoms. The van der Waals surface area contributed by atoms with E-state index in [4.69, 9.17) is 0 Å². The van der Waals surface area contributed by atoms with Crippen LogP contribution >= 0.6 is 0 Å². The van der Waals surface area contributed by atoms with Crippen LogP contribution in [0.4, 0.5) is 0 Å². The van der Waals surface area contributed by atoms with Gasteiger partial charge < -0.3 is 5.11 Å². The molecule has 1 N–H and O–H groups in total. The molecule has 0 spiro atoms. The highest BCUT2D eigenvalue weighted by Gasteiger charge is 2.49. The Bertz CT molecular complexity index is 266. The van der Waals surface area contributed by atoms with E-state index in [-0.39, 0.29) is 5.41 Å². The van der Waals surface area contributed by atoms with Gasteiger partial charge in [-0.1, -0.05) is 33.1 Å². The van der Waals surface area contributed by atoms with Crippen LogP contribution in [0, 0.1) is 23.2 Å². The second-order valence-corrected chi connectivity index (χ2v) is 6.13. The topological polar surface area (TPSA) is 37.3 Å². The van der Waals surface area contributed by atoms with Crippen molar-refractivity contribution in [3.63, 3.8) is 0 Å². The number of hydrogen-bond acceptors (Lipinski definition) is 1. The first-order valence-corrected chi connectivity index (χ1v) is 6.79. The van der Waals surface area contributed by atoms with Crippen LogP contribution < -0.4 is 0 Å². The molecule has 92 valence electrons. The summed E-state index contributed by atoms with van der Waals surface area (Å²) in [6.45, 7) is 4.60. The summed E-state index contributed by atoms with van der Waals surface area (Å²) in [6, 6.07) is 0. The third kappa shape index (κ3) is 1.87. The minimum atomic E-state index is -0.517. The van der Waals surface area contributed by atoms with Crippen LogP contribution in [0.1, 0.15) is 58.8 Å². The SMILES string of the molecule is CC1CCC(C2(C(=O)O)CCCC2)CC1C. The first-order valence-electron chi connectivity index (χ1n) is 6.79. The summed E-state index contributed by atoms with van der Waals surface area (Å²) >= 11 is 0. The fraction of sp³-hybridized carbons (Fsp3) is 0.929. The van der Waals surface area contributed by atoms with Crippen LogP contribution in [-0.4, -0.2) is 11.1 Å². The van der Waals surface area contributed by atoms with Crippen LogP contribution in [0.2, 0.25) is 0 Å². The zero-order valence-electron chi connectivity index (χ0n) is 10.5. The summed E-state index contributed by atoms with van der Waals surface area (Å²) in [4.78, 5) is 11.6. The van der Waals surface area contributed by atoms with Crippen LogP contribution in [0.25, 0.3) is 0 Å². The van der Waals surface area contributed by atoms with E-state index in [1.807, 2.05) is 0 Å². The molecule has 0 radical (unpaired) electrons. The Balaban J connectivity index is 2.13. The number of aliphatic carboxylic acids is 1. The van der Waals surface area contributed by atoms with E-state index in [0.717, 1.165) is 44.4 Å². The summed E-state index contributed by atoms with van der Waals surface area (Å²) in [5.41, 5.74) is -0.353. The number of rotatable bonds is 2. The summed E-state index contributed by atoms with van der Waals surface area (Å²) in [6.07, 6.45) is 7.58. The summed E-state index contributed by atoms with van der Waals surface area (Å²) < 4.78 is 0. The molecule has 2 aliphatic carbocycles. The molecule has 0 saturated heterocycles. The van der Waals surface area contributed by atoms with E-state index in [2.05, 4.69) is 13.8 Å². The largest absolute Gasteiger partial charge is 0.481 e. The first kappa shape index (κ1) is 11.9. The molecule has 2 fully saturated rings. The maximum Gasteiger partial charge on any atom is 0.309 e. The van der Waals surface area contributed by atoms with Gasteiger partial charge in [0.2, 0.25) is 0 Å². The minimum Gasteiger partial charge on any atom is -0.481 e. The lowest BCUT2D eigenvalue weighted by molar-refractivity contribution is -0.154. The van der Waals surface area contributed by atoms with Gasteiger partial charge in [0.15, 0.2) is 0 Å². The fourth-order valence-corrected chi connectivity index (χ4v) is 3.85. The molecule has 2 aliphatic rings. The molecule has 2 nitrogen and oxygen atoms in total. The maximum absolute atomic E-state index is 11.6. The van der Waals surface area contributed by atoms with Gasteiger partial charge in [0, 0.05) is 0 Å². The van der Waals surface area contributed by atoms with E-state index in [9.17, 15) is 9.90 Å². The van der Waals surface area contributed by atoms with Crippen molar-refractivity contribution in [3.05, 3.63) is 0 Å². The van der Waals surface area contributed by atoms with Gasteiger partial charge in [-0.05, 0) is 43.4 Å². The molecule has 0 aliphatic heterocycles. The van der Waals surface area contributed by atoms with Crippen LogP contribution in [0.3, 0.4) is 0 Å². The number of hydrogen-bond donors (Lipinski definition) is 1. The summed E-state index contributed by atoms with van der Waals surface area (Å²) in [5.74, 6) is 1.41. The fourth-order valence-electron chi connectivity index (χ4n) is 3.85. The lowest BCUT2D eigenvalue weighted by atomic mass is 9.63. The highest BCUT2D eigenvalue weighted by Crippen LogP contribution is 2.51. The average Bonchev–Trinajstić information content (AvgIpc) is 2.72. The number of carboxylic acid groups (broad SMARTS) is 1. The van der Waals surface area contributed by atoms with Gasteiger partial charge in [0.25, 0.3) is 0 Å². The van der Waals surface area contributed by atoms with Gasteiger partial charge >= 0.3 is 5.97 Å². The molecule has 0 aromatic carbocycles. The standard InChI is InChI=1S/C14H24O2/c1-10-5-6-12(9-11(10)2)14(13(15)16)7-3-4-8-14/h10-12H,3-9H2,1-2H3,(H,15,16).